The zero-order valence-electron chi connectivity index (χ0n) is 20.4. The Balaban J connectivity index is 1.63. The molecule has 0 bridgehead atoms. The summed E-state index contributed by atoms with van der Waals surface area (Å²) in [5.74, 6) is -0.283. The van der Waals surface area contributed by atoms with Crippen molar-refractivity contribution in [1.82, 2.24) is 14.5 Å². The Hall–Kier alpha value is -3.93. The first-order valence-corrected chi connectivity index (χ1v) is 13.1. The van der Waals surface area contributed by atoms with Crippen LogP contribution >= 0.6 is 11.9 Å². The lowest BCUT2D eigenvalue weighted by Crippen LogP contribution is -2.25. The maximum atomic E-state index is 14.0. The van der Waals surface area contributed by atoms with Crippen LogP contribution < -0.4 is 19.1 Å². The van der Waals surface area contributed by atoms with Crippen LogP contribution in [0.2, 0.25) is 0 Å². The van der Waals surface area contributed by atoms with Crippen LogP contribution in [0, 0.1) is 12.7 Å². The monoisotopic (exact) mass is 558 g/mol. The second-order valence-corrected chi connectivity index (χ2v) is 10.2. The van der Waals surface area contributed by atoms with Gasteiger partial charge >= 0.3 is 0 Å². The zero-order valence-corrected chi connectivity index (χ0v) is 22.0. The van der Waals surface area contributed by atoms with Crippen LogP contribution in [0.25, 0.3) is 5.69 Å². The molecule has 12 heteroatoms. The molecule has 0 unspecified atom stereocenters. The van der Waals surface area contributed by atoms with Gasteiger partial charge in [0.1, 0.15) is 34.1 Å². The third-order valence-corrected chi connectivity index (χ3v) is 7.21. The summed E-state index contributed by atoms with van der Waals surface area (Å²) >= 11 is 5.40. The molecule has 0 saturated heterocycles. The second kappa shape index (κ2) is 11.6. The van der Waals surface area contributed by atoms with Gasteiger partial charge in [0.05, 0.1) is 25.4 Å². The number of halogens is 2. The van der Waals surface area contributed by atoms with Gasteiger partial charge < -0.3 is 14.3 Å². The molecule has 38 heavy (non-hydrogen) atoms. The van der Waals surface area contributed by atoms with Crippen molar-refractivity contribution in [3.8, 4) is 17.2 Å². The maximum absolute atomic E-state index is 14.0. The molecule has 1 amide bonds. The fourth-order valence-electron chi connectivity index (χ4n) is 3.73. The highest BCUT2D eigenvalue weighted by molar-refractivity contribution is 7.89. The van der Waals surface area contributed by atoms with Crippen molar-refractivity contribution in [3.05, 3.63) is 95.6 Å². The second-order valence-electron chi connectivity index (χ2n) is 8.34. The van der Waals surface area contributed by atoms with Crippen molar-refractivity contribution in [2.75, 3.05) is 12.4 Å². The van der Waals surface area contributed by atoms with Gasteiger partial charge in [-0.05, 0) is 48.4 Å². The first-order valence-electron chi connectivity index (χ1n) is 11.3. The fourth-order valence-corrected chi connectivity index (χ4v) is 5.05. The Morgan fingerprint density at radius 2 is 1.89 bits per heavy atom. The Morgan fingerprint density at radius 1 is 1.11 bits per heavy atom. The van der Waals surface area contributed by atoms with Gasteiger partial charge in [-0.3, -0.25) is 4.79 Å². The highest BCUT2D eigenvalue weighted by Gasteiger charge is 2.22. The van der Waals surface area contributed by atoms with Gasteiger partial charge in [0.25, 0.3) is 0 Å². The number of methoxy groups -OCH3 is 1. The van der Waals surface area contributed by atoms with Gasteiger partial charge in [0.15, 0.2) is 0 Å². The lowest BCUT2D eigenvalue weighted by Gasteiger charge is -2.15. The molecule has 0 aliphatic heterocycles. The van der Waals surface area contributed by atoms with Crippen LogP contribution in [0.4, 0.5) is 10.1 Å². The van der Waals surface area contributed by atoms with Crippen LogP contribution in [-0.4, -0.2) is 31.2 Å². The van der Waals surface area contributed by atoms with E-state index in [1.54, 1.807) is 36.7 Å². The van der Waals surface area contributed by atoms with E-state index < -0.39 is 21.7 Å². The number of aryl methyl sites for hydroxylation is 1. The van der Waals surface area contributed by atoms with Crippen molar-refractivity contribution >= 4 is 33.5 Å². The van der Waals surface area contributed by atoms with E-state index in [1.807, 2.05) is 6.92 Å². The molecule has 4 rings (SSSR count). The molecule has 0 spiro atoms. The number of amides is 1. The van der Waals surface area contributed by atoms with Gasteiger partial charge in [0.2, 0.25) is 15.9 Å². The van der Waals surface area contributed by atoms with Crippen molar-refractivity contribution in [2.45, 2.75) is 24.8 Å². The number of hydrogen-bond acceptors (Lipinski definition) is 6. The van der Waals surface area contributed by atoms with Crippen molar-refractivity contribution in [2.24, 2.45) is 0 Å². The molecule has 0 saturated carbocycles. The lowest BCUT2D eigenvalue weighted by molar-refractivity contribution is -0.115. The minimum atomic E-state index is -4.13. The first kappa shape index (κ1) is 27.1. The summed E-state index contributed by atoms with van der Waals surface area (Å²) in [5, 5.41) is 6.87. The first-order chi connectivity index (χ1) is 18.2. The van der Waals surface area contributed by atoms with Gasteiger partial charge in [-0.1, -0.05) is 24.3 Å². The average molecular weight is 559 g/mol. The Labute approximate surface area is 224 Å². The largest absolute Gasteiger partial charge is 0.496 e. The smallest absolute Gasteiger partial charge is 0.243 e. The SMILES string of the molecule is COc1cc(OCl)ccc1CNS(=O)(=O)c1cc(NC(=O)Cc2ccccc2F)ccc1-n1cc(C)cn1. The van der Waals surface area contributed by atoms with Crippen molar-refractivity contribution in [1.29, 1.82) is 0 Å². The number of rotatable bonds is 10. The molecule has 4 aromatic rings. The van der Waals surface area contributed by atoms with Crippen LogP contribution in [0.15, 0.2) is 78.0 Å². The summed E-state index contributed by atoms with van der Waals surface area (Å²) in [5.41, 5.74) is 2.09. The van der Waals surface area contributed by atoms with E-state index >= 15 is 0 Å². The summed E-state index contributed by atoms with van der Waals surface area (Å²) in [7, 11) is -2.69. The van der Waals surface area contributed by atoms with Crippen molar-refractivity contribution < 1.29 is 26.6 Å². The molecule has 2 N–H and O–H groups in total. The highest BCUT2D eigenvalue weighted by atomic mass is 35.5. The molecule has 0 atom stereocenters. The quantitative estimate of drug-likeness (QED) is 0.296. The number of carbonyl (C=O) groups is 1. The van der Waals surface area contributed by atoms with Crippen LogP contribution in [0.5, 0.6) is 11.5 Å². The van der Waals surface area contributed by atoms with Crippen LogP contribution in [0.1, 0.15) is 16.7 Å². The number of carbonyl (C=O) groups excluding carboxylic acids is 1. The number of hydrogen-bond donors (Lipinski definition) is 2. The van der Waals surface area contributed by atoms with Gasteiger partial charge in [-0.2, -0.15) is 5.10 Å². The molecule has 9 nitrogen and oxygen atoms in total. The van der Waals surface area contributed by atoms with Gasteiger partial charge in [-0.25, -0.2) is 22.2 Å². The average Bonchev–Trinajstić information content (AvgIpc) is 3.34. The fraction of sp³-hybridized carbons (Fsp3) is 0.154. The highest BCUT2D eigenvalue weighted by Crippen LogP contribution is 2.28. The van der Waals surface area contributed by atoms with Crippen molar-refractivity contribution in [3.63, 3.8) is 0 Å². The third-order valence-electron chi connectivity index (χ3n) is 5.60. The van der Waals surface area contributed by atoms with E-state index in [0.717, 1.165) is 5.56 Å². The molecule has 1 aromatic heterocycles. The predicted molar refractivity (Wildman–Crippen MR) is 141 cm³/mol. The summed E-state index contributed by atoms with van der Waals surface area (Å²) in [6, 6.07) is 15.1. The van der Waals surface area contributed by atoms with Crippen LogP contribution in [0.3, 0.4) is 0 Å². The topological polar surface area (TPSA) is 112 Å². The maximum Gasteiger partial charge on any atom is 0.243 e. The minimum absolute atomic E-state index is 0.102. The van der Waals surface area contributed by atoms with E-state index in [0.29, 0.717) is 17.1 Å². The number of benzene rings is 3. The van der Waals surface area contributed by atoms with E-state index in [1.165, 1.54) is 48.2 Å². The number of nitrogens with one attached hydrogen (secondary N) is 2. The molecule has 1 heterocycles. The number of nitrogens with zero attached hydrogens (tertiary/aromatic N) is 2. The van der Waals surface area contributed by atoms with Crippen LogP contribution in [-0.2, 0) is 27.8 Å². The molecule has 3 aromatic carbocycles. The van der Waals surface area contributed by atoms with E-state index in [-0.39, 0.29) is 34.8 Å². The molecular weight excluding hydrogens is 535 g/mol. The predicted octanol–water partition coefficient (Wildman–Crippen LogP) is 4.52. The molecule has 0 fully saturated rings. The van der Waals surface area contributed by atoms with E-state index in [9.17, 15) is 17.6 Å². The molecule has 0 aliphatic carbocycles. The number of aromatic nitrogens is 2. The Kier molecular flexibility index (Phi) is 8.30. The third kappa shape index (κ3) is 6.31. The number of sulfonamides is 1. The van der Waals surface area contributed by atoms with E-state index in [2.05, 4.69) is 19.4 Å². The summed E-state index contributed by atoms with van der Waals surface area (Å²) in [4.78, 5) is 12.5. The molecule has 0 aliphatic rings. The minimum Gasteiger partial charge on any atom is -0.496 e. The Bertz CT molecular complexity index is 1580. The summed E-state index contributed by atoms with van der Waals surface area (Å²) in [6.07, 6.45) is 3.06. The summed E-state index contributed by atoms with van der Waals surface area (Å²) < 4.78 is 55.0. The molecular formula is C26H24ClFN4O5S. The zero-order chi connectivity index (χ0) is 27.3. The molecule has 198 valence electrons. The lowest BCUT2D eigenvalue weighted by atomic mass is 10.1. The summed E-state index contributed by atoms with van der Waals surface area (Å²) in [6.45, 7) is 1.73. The number of anilines is 1. The Morgan fingerprint density at radius 3 is 2.58 bits per heavy atom. The van der Waals surface area contributed by atoms with E-state index in [4.69, 9.17) is 16.6 Å². The number of ether oxygens (including phenoxy) is 1. The van der Waals surface area contributed by atoms with Gasteiger partial charge in [-0.15, -0.1) is 0 Å². The molecule has 0 radical (unpaired) electrons. The standard InChI is InChI=1S/C26H24ClFN4O5S/c1-17-14-29-32(16-17)23-10-8-20(31-26(33)11-18-5-3-4-6-22(18)28)12-25(23)38(34,35)30-15-19-7-9-21(37-27)13-24(19)36-2/h3-10,12-14,16,30H,11,15H2,1-2H3,(H,31,33). The normalized spacial score (nSPS) is 11.3. The van der Waals surface area contributed by atoms with Gasteiger partial charge in [0, 0.05) is 30.1 Å².